The molecule has 1 fully saturated rings. The quantitative estimate of drug-likeness (QED) is 0.858. The Morgan fingerprint density at radius 1 is 1.05 bits per heavy atom. The summed E-state index contributed by atoms with van der Waals surface area (Å²) >= 11 is 0. The van der Waals surface area contributed by atoms with Crippen molar-refractivity contribution in [2.45, 2.75) is 13.1 Å². The van der Waals surface area contributed by atoms with Crippen molar-refractivity contribution in [1.82, 2.24) is 19.4 Å². The van der Waals surface area contributed by atoms with E-state index >= 15 is 0 Å². The van der Waals surface area contributed by atoms with Crippen molar-refractivity contribution in [3.63, 3.8) is 0 Å². The van der Waals surface area contributed by atoms with E-state index in [2.05, 4.69) is 19.4 Å². The highest BCUT2D eigenvalue weighted by atomic mass is 19.1. The Kier molecular flexibility index (Phi) is 4.31. The zero-order valence-electron chi connectivity index (χ0n) is 12.4. The Labute approximate surface area is 124 Å². The Bertz CT molecular complexity index is 587. The summed E-state index contributed by atoms with van der Waals surface area (Å²) in [6.45, 7) is 5.53. The molecule has 1 saturated heterocycles. The Balaban J connectivity index is 1.51. The molecule has 0 radical (unpaired) electrons. The van der Waals surface area contributed by atoms with Gasteiger partial charge < -0.3 is 4.57 Å². The molecule has 2 heterocycles. The number of piperazine rings is 1. The van der Waals surface area contributed by atoms with Crippen molar-refractivity contribution in [1.29, 1.82) is 0 Å². The second kappa shape index (κ2) is 6.37. The molecule has 112 valence electrons. The molecule has 21 heavy (non-hydrogen) atoms. The smallest absolute Gasteiger partial charge is 0.127 e. The summed E-state index contributed by atoms with van der Waals surface area (Å²) in [5, 5.41) is 0. The van der Waals surface area contributed by atoms with Gasteiger partial charge in [0.15, 0.2) is 0 Å². The number of hydrogen-bond acceptors (Lipinski definition) is 3. The predicted molar refractivity (Wildman–Crippen MR) is 80.2 cm³/mol. The van der Waals surface area contributed by atoms with Gasteiger partial charge in [-0.2, -0.15) is 0 Å². The molecule has 0 N–H and O–H groups in total. The van der Waals surface area contributed by atoms with Crippen molar-refractivity contribution in [2.24, 2.45) is 7.05 Å². The van der Waals surface area contributed by atoms with Gasteiger partial charge in [-0.15, -0.1) is 0 Å². The predicted octanol–water partition coefficient (Wildman–Crippen LogP) is 1.88. The van der Waals surface area contributed by atoms with Crippen LogP contribution in [0.3, 0.4) is 0 Å². The average molecular weight is 288 g/mol. The highest BCUT2D eigenvalue weighted by molar-refractivity contribution is 5.17. The molecular formula is C16H21FN4. The van der Waals surface area contributed by atoms with E-state index in [0.29, 0.717) is 6.54 Å². The lowest BCUT2D eigenvalue weighted by molar-refractivity contribution is 0.118. The summed E-state index contributed by atoms with van der Waals surface area (Å²) in [5.41, 5.74) is 0.787. The molecule has 3 rings (SSSR count). The first kappa shape index (κ1) is 14.2. The van der Waals surface area contributed by atoms with E-state index in [1.807, 2.05) is 31.6 Å². The first-order valence-corrected chi connectivity index (χ1v) is 7.36. The van der Waals surface area contributed by atoms with E-state index in [-0.39, 0.29) is 5.82 Å². The summed E-state index contributed by atoms with van der Waals surface area (Å²) in [6.07, 6.45) is 3.81. The van der Waals surface area contributed by atoms with Crippen LogP contribution in [0.4, 0.5) is 4.39 Å². The molecule has 1 aromatic heterocycles. The number of nitrogens with zero attached hydrogens (tertiary/aromatic N) is 4. The third kappa shape index (κ3) is 3.49. The Morgan fingerprint density at radius 3 is 2.33 bits per heavy atom. The minimum absolute atomic E-state index is 0.104. The molecule has 5 heteroatoms. The lowest BCUT2D eigenvalue weighted by Gasteiger charge is -2.34. The molecule has 1 aromatic carbocycles. The van der Waals surface area contributed by atoms with Gasteiger partial charge in [-0.3, -0.25) is 9.80 Å². The summed E-state index contributed by atoms with van der Waals surface area (Å²) in [4.78, 5) is 9.08. The maximum absolute atomic E-state index is 13.7. The Hall–Kier alpha value is -1.72. The second-order valence-corrected chi connectivity index (χ2v) is 5.60. The molecule has 0 saturated carbocycles. The van der Waals surface area contributed by atoms with E-state index in [1.165, 1.54) is 6.07 Å². The molecule has 0 amide bonds. The van der Waals surface area contributed by atoms with Gasteiger partial charge in [-0.25, -0.2) is 9.37 Å². The number of aryl methyl sites for hydroxylation is 1. The second-order valence-electron chi connectivity index (χ2n) is 5.60. The fraction of sp³-hybridized carbons (Fsp3) is 0.438. The van der Waals surface area contributed by atoms with Crippen LogP contribution in [0.25, 0.3) is 0 Å². The van der Waals surface area contributed by atoms with Crippen LogP contribution >= 0.6 is 0 Å². The molecule has 0 atom stereocenters. The molecule has 0 bridgehead atoms. The van der Waals surface area contributed by atoms with Crippen molar-refractivity contribution >= 4 is 0 Å². The molecule has 1 aliphatic heterocycles. The van der Waals surface area contributed by atoms with Crippen LogP contribution in [-0.2, 0) is 20.1 Å². The maximum Gasteiger partial charge on any atom is 0.127 e. The summed E-state index contributed by atoms with van der Waals surface area (Å²) in [7, 11) is 2.02. The number of aromatic nitrogens is 2. The van der Waals surface area contributed by atoms with Gasteiger partial charge in [0.1, 0.15) is 11.6 Å². The summed E-state index contributed by atoms with van der Waals surface area (Å²) < 4.78 is 15.7. The van der Waals surface area contributed by atoms with E-state index in [0.717, 1.165) is 44.1 Å². The summed E-state index contributed by atoms with van der Waals surface area (Å²) in [5.74, 6) is 0.991. The number of hydrogen-bond donors (Lipinski definition) is 0. The van der Waals surface area contributed by atoms with Gasteiger partial charge in [0.2, 0.25) is 0 Å². The van der Waals surface area contributed by atoms with E-state index in [4.69, 9.17) is 0 Å². The average Bonchev–Trinajstić information content (AvgIpc) is 2.89. The van der Waals surface area contributed by atoms with Crippen molar-refractivity contribution in [2.75, 3.05) is 26.2 Å². The van der Waals surface area contributed by atoms with Crippen LogP contribution < -0.4 is 0 Å². The van der Waals surface area contributed by atoms with E-state index < -0.39 is 0 Å². The summed E-state index contributed by atoms with van der Waals surface area (Å²) in [6, 6.07) is 7.04. The zero-order chi connectivity index (χ0) is 14.7. The molecule has 0 spiro atoms. The molecule has 1 aliphatic rings. The molecular weight excluding hydrogens is 267 g/mol. The largest absolute Gasteiger partial charge is 0.337 e. The number of halogens is 1. The highest BCUT2D eigenvalue weighted by Gasteiger charge is 2.18. The molecule has 2 aromatic rings. The van der Waals surface area contributed by atoms with Gasteiger partial charge in [0.25, 0.3) is 0 Å². The van der Waals surface area contributed by atoms with Gasteiger partial charge in [0, 0.05) is 57.7 Å². The fourth-order valence-corrected chi connectivity index (χ4v) is 2.72. The minimum atomic E-state index is -0.104. The number of imidazole rings is 1. The number of benzene rings is 1. The van der Waals surface area contributed by atoms with Crippen LogP contribution in [0.5, 0.6) is 0 Å². The standard InChI is InChI=1S/C16H21FN4/c1-19-7-6-18-16(19)13-21-10-8-20(9-11-21)12-14-4-2-3-5-15(14)17/h2-7H,8-13H2,1H3. The number of rotatable bonds is 4. The lowest BCUT2D eigenvalue weighted by Crippen LogP contribution is -2.45. The monoisotopic (exact) mass is 288 g/mol. The third-order valence-electron chi connectivity index (χ3n) is 4.10. The van der Waals surface area contributed by atoms with Crippen molar-refractivity contribution in [3.05, 3.63) is 53.9 Å². The van der Waals surface area contributed by atoms with Crippen LogP contribution in [0.2, 0.25) is 0 Å². The van der Waals surface area contributed by atoms with Crippen molar-refractivity contribution < 1.29 is 4.39 Å². The van der Waals surface area contributed by atoms with Gasteiger partial charge in [-0.05, 0) is 6.07 Å². The normalized spacial score (nSPS) is 17.2. The minimum Gasteiger partial charge on any atom is -0.337 e. The van der Waals surface area contributed by atoms with Crippen molar-refractivity contribution in [3.8, 4) is 0 Å². The van der Waals surface area contributed by atoms with Crippen LogP contribution in [-0.4, -0.2) is 45.5 Å². The van der Waals surface area contributed by atoms with Crippen LogP contribution in [0, 0.1) is 5.82 Å². The topological polar surface area (TPSA) is 24.3 Å². The van der Waals surface area contributed by atoms with Gasteiger partial charge in [-0.1, -0.05) is 18.2 Å². The molecule has 4 nitrogen and oxygen atoms in total. The van der Waals surface area contributed by atoms with E-state index in [9.17, 15) is 4.39 Å². The SMILES string of the molecule is Cn1ccnc1CN1CCN(Cc2ccccc2F)CC1. The van der Waals surface area contributed by atoms with Gasteiger partial charge in [0.05, 0.1) is 6.54 Å². The van der Waals surface area contributed by atoms with Crippen LogP contribution in [0.15, 0.2) is 36.7 Å². The fourth-order valence-electron chi connectivity index (χ4n) is 2.72. The third-order valence-corrected chi connectivity index (χ3v) is 4.10. The van der Waals surface area contributed by atoms with E-state index in [1.54, 1.807) is 6.07 Å². The van der Waals surface area contributed by atoms with Gasteiger partial charge >= 0.3 is 0 Å². The lowest BCUT2D eigenvalue weighted by atomic mass is 10.2. The molecule has 0 aliphatic carbocycles. The first-order chi connectivity index (χ1) is 10.2. The Morgan fingerprint density at radius 2 is 1.71 bits per heavy atom. The highest BCUT2D eigenvalue weighted by Crippen LogP contribution is 2.13. The maximum atomic E-state index is 13.7. The first-order valence-electron chi connectivity index (χ1n) is 7.36. The zero-order valence-corrected chi connectivity index (χ0v) is 12.4. The molecule has 0 unspecified atom stereocenters. The van der Waals surface area contributed by atoms with Crippen LogP contribution in [0.1, 0.15) is 11.4 Å².